The number of cyclic esters (lactones) is 1. The fourth-order valence-corrected chi connectivity index (χ4v) is 4.31. The zero-order valence-corrected chi connectivity index (χ0v) is 21.1. The first-order chi connectivity index (χ1) is 17.2. The lowest BCUT2D eigenvalue weighted by Gasteiger charge is -2.24. The zero-order valence-electron chi connectivity index (χ0n) is 21.1. The van der Waals surface area contributed by atoms with Gasteiger partial charge in [0, 0.05) is 11.1 Å². The van der Waals surface area contributed by atoms with Crippen LogP contribution in [0.4, 0.5) is 0 Å². The first-order valence-corrected chi connectivity index (χ1v) is 11.8. The number of rotatable bonds is 6. The lowest BCUT2D eigenvalue weighted by Crippen LogP contribution is -2.16. The van der Waals surface area contributed by atoms with Crippen LogP contribution in [0.25, 0.3) is 0 Å². The molecule has 36 heavy (non-hydrogen) atoms. The van der Waals surface area contributed by atoms with Crippen molar-refractivity contribution in [1.29, 1.82) is 0 Å². The number of carbonyl (C=O) groups is 2. The van der Waals surface area contributed by atoms with E-state index in [0.717, 1.165) is 11.1 Å². The van der Waals surface area contributed by atoms with Crippen LogP contribution in [-0.2, 0) is 11.3 Å². The van der Waals surface area contributed by atoms with Crippen LogP contribution in [0, 0.1) is 19.8 Å². The van der Waals surface area contributed by atoms with Crippen LogP contribution in [0.5, 0.6) is 23.0 Å². The largest absolute Gasteiger partial charge is 0.495 e. The van der Waals surface area contributed by atoms with E-state index < -0.39 is 18.0 Å². The Morgan fingerprint density at radius 3 is 2.56 bits per heavy atom. The Balaban J connectivity index is 1.79. The molecule has 0 aromatic heterocycles. The highest BCUT2D eigenvalue weighted by Gasteiger charge is 2.30. The Morgan fingerprint density at radius 1 is 1.11 bits per heavy atom. The lowest BCUT2D eigenvalue weighted by molar-refractivity contribution is 0.0451. The van der Waals surface area contributed by atoms with E-state index in [9.17, 15) is 14.7 Å². The third kappa shape index (κ3) is 5.06. The molecule has 0 aliphatic carbocycles. The third-order valence-corrected chi connectivity index (χ3v) is 6.03. The van der Waals surface area contributed by atoms with Gasteiger partial charge in [-0.25, -0.2) is 9.59 Å². The summed E-state index contributed by atoms with van der Waals surface area (Å²) in [6.45, 7) is 7.59. The number of fused-ring (bicyclic) bond motifs is 2. The molecular formula is C29H30O7. The van der Waals surface area contributed by atoms with Gasteiger partial charge in [-0.05, 0) is 67.6 Å². The maximum absolute atomic E-state index is 13.1. The molecule has 0 spiro atoms. The number of hydrogen-bond acceptors (Lipinski definition) is 7. The van der Waals surface area contributed by atoms with Crippen LogP contribution >= 0.6 is 0 Å². The zero-order chi connectivity index (χ0) is 26.0. The molecule has 0 fully saturated rings. The molecule has 4 rings (SSSR count). The van der Waals surface area contributed by atoms with Gasteiger partial charge in [-0.1, -0.05) is 32.0 Å². The quantitative estimate of drug-likeness (QED) is 0.331. The highest BCUT2D eigenvalue weighted by molar-refractivity contribution is 5.97. The maximum atomic E-state index is 13.1. The molecule has 0 radical (unpaired) electrons. The molecule has 1 heterocycles. The fraction of sp³-hybridized carbons (Fsp3) is 0.310. The summed E-state index contributed by atoms with van der Waals surface area (Å²) in [5, 5.41) is 10.7. The number of aryl methyl sites for hydroxylation is 2. The highest BCUT2D eigenvalue weighted by atomic mass is 16.6. The SMILES string of the molecule is COc1c([C@@H](O)CC(C)C)ccc2c1C(=O)OCc1cc(C)cc(OC(=O)c3ccccc3C)c1O2. The Morgan fingerprint density at radius 2 is 1.86 bits per heavy atom. The molecule has 7 nitrogen and oxygen atoms in total. The summed E-state index contributed by atoms with van der Waals surface area (Å²) >= 11 is 0. The van der Waals surface area contributed by atoms with Crippen LogP contribution in [0.1, 0.15) is 69.3 Å². The van der Waals surface area contributed by atoms with E-state index in [-0.39, 0.29) is 41.1 Å². The molecule has 1 aliphatic rings. The van der Waals surface area contributed by atoms with Gasteiger partial charge in [0.05, 0.1) is 18.8 Å². The Labute approximate surface area is 210 Å². The molecule has 0 bridgehead atoms. The number of ether oxygens (including phenoxy) is 4. The average molecular weight is 491 g/mol. The predicted molar refractivity (Wildman–Crippen MR) is 134 cm³/mol. The Hall–Kier alpha value is -3.84. The van der Waals surface area contributed by atoms with Gasteiger partial charge in [0.15, 0.2) is 11.5 Å². The van der Waals surface area contributed by atoms with Crippen LogP contribution in [0.2, 0.25) is 0 Å². The van der Waals surface area contributed by atoms with Crippen molar-refractivity contribution in [3.63, 3.8) is 0 Å². The van der Waals surface area contributed by atoms with Crippen LogP contribution in [0.3, 0.4) is 0 Å². The molecule has 0 amide bonds. The van der Waals surface area contributed by atoms with Gasteiger partial charge in [-0.3, -0.25) is 0 Å². The molecule has 1 aliphatic heterocycles. The third-order valence-electron chi connectivity index (χ3n) is 6.03. The molecule has 3 aromatic rings. The van der Waals surface area contributed by atoms with Gasteiger partial charge >= 0.3 is 11.9 Å². The lowest BCUT2D eigenvalue weighted by atomic mass is 9.96. The van der Waals surface area contributed by atoms with Gasteiger partial charge in [0.25, 0.3) is 0 Å². The molecule has 7 heteroatoms. The maximum Gasteiger partial charge on any atom is 0.346 e. The van der Waals surface area contributed by atoms with Crippen molar-refractivity contribution in [2.24, 2.45) is 5.92 Å². The van der Waals surface area contributed by atoms with E-state index in [1.165, 1.54) is 7.11 Å². The van der Waals surface area contributed by atoms with Crippen molar-refractivity contribution in [2.75, 3.05) is 7.11 Å². The van der Waals surface area contributed by atoms with Gasteiger partial charge in [0.1, 0.15) is 23.7 Å². The minimum absolute atomic E-state index is 0.0696. The summed E-state index contributed by atoms with van der Waals surface area (Å²) in [5.41, 5.74) is 3.14. The van der Waals surface area contributed by atoms with Crippen molar-refractivity contribution in [3.8, 4) is 23.0 Å². The summed E-state index contributed by atoms with van der Waals surface area (Å²) < 4.78 is 23.2. The highest BCUT2D eigenvalue weighted by Crippen LogP contribution is 2.44. The van der Waals surface area contributed by atoms with Crippen molar-refractivity contribution >= 4 is 11.9 Å². The van der Waals surface area contributed by atoms with Gasteiger partial charge in [-0.15, -0.1) is 0 Å². The number of aliphatic hydroxyl groups is 1. The van der Waals surface area contributed by atoms with Gasteiger partial charge in [-0.2, -0.15) is 0 Å². The number of esters is 2. The molecular weight excluding hydrogens is 460 g/mol. The van der Waals surface area contributed by atoms with E-state index >= 15 is 0 Å². The summed E-state index contributed by atoms with van der Waals surface area (Å²) in [7, 11) is 1.43. The smallest absolute Gasteiger partial charge is 0.346 e. The number of hydrogen-bond donors (Lipinski definition) is 1. The normalized spacial score (nSPS) is 13.5. The number of methoxy groups -OCH3 is 1. The number of aliphatic hydroxyl groups excluding tert-OH is 1. The second-order valence-electron chi connectivity index (χ2n) is 9.34. The van der Waals surface area contributed by atoms with Crippen LogP contribution in [0.15, 0.2) is 48.5 Å². The van der Waals surface area contributed by atoms with Gasteiger partial charge < -0.3 is 24.1 Å². The average Bonchev–Trinajstić information content (AvgIpc) is 2.82. The van der Waals surface area contributed by atoms with Crippen LogP contribution in [-0.4, -0.2) is 24.2 Å². The second kappa shape index (κ2) is 10.4. The topological polar surface area (TPSA) is 91.3 Å². The van der Waals surface area contributed by atoms with E-state index in [2.05, 4.69) is 0 Å². The van der Waals surface area contributed by atoms with Crippen molar-refractivity contribution in [2.45, 2.75) is 46.8 Å². The Kier molecular flexibility index (Phi) is 7.31. The molecule has 188 valence electrons. The van der Waals surface area contributed by atoms with Crippen LogP contribution < -0.4 is 14.2 Å². The second-order valence-corrected chi connectivity index (χ2v) is 9.34. The van der Waals surface area contributed by atoms with Gasteiger partial charge in [0.2, 0.25) is 0 Å². The monoisotopic (exact) mass is 490 g/mol. The summed E-state index contributed by atoms with van der Waals surface area (Å²) in [6.07, 6.45) is -0.337. The minimum Gasteiger partial charge on any atom is -0.495 e. The van der Waals surface area contributed by atoms with Crippen molar-refractivity contribution < 1.29 is 33.6 Å². The first-order valence-electron chi connectivity index (χ1n) is 11.8. The summed E-state index contributed by atoms with van der Waals surface area (Å²) in [4.78, 5) is 26.0. The van der Waals surface area contributed by atoms with E-state index in [4.69, 9.17) is 18.9 Å². The standard InChI is InChI=1S/C29H30O7/c1-16(2)12-22(30)21-10-11-23-25(27(21)33-5)29(32)34-15-19-13-17(3)14-24(26(19)35-23)36-28(31)20-9-7-6-8-18(20)4/h6-11,13-14,16,22,30H,12,15H2,1-5H3/t22-/m0/s1. The molecule has 0 saturated heterocycles. The van der Waals surface area contributed by atoms with E-state index in [1.54, 1.807) is 30.3 Å². The minimum atomic E-state index is -0.830. The molecule has 0 saturated carbocycles. The number of carbonyl (C=O) groups excluding carboxylic acids is 2. The fourth-order valence-electron chi connectivity index (χ4n) is 4.31. The summed E-state index contributed by atoms with van der Waals surface area (Å²) in [6, 6.07) is 13.9. The first kappa shape index (κ1) is 25.3. The van der Waals surface area contributed by atoms with Crippen molar-refractivity contribution in [1.82, 2.24) is 0 Å². The molecule has 0 unspecified atom stereocenters. The van der Waals surface area contributed by atoms with Crippen molar-refractivity contribution in [3.05, 3.63) is 81.9 Å². The molecule has 1 N–H and O–H groups in total. The molecule has 3 aromatic carbocycles. The summed E-state index contributed by atoms with van der Waals surface area (Å²) in [5.74, 6) is -0.0658. The van der Waals surface area contributed by atoms with E-state index in [1.807, 2.05) is 45.9 Å². The Bertz CT molecular complexity index is 1310. The predicted octanol–water partition coefficient (Wildman–Crippen LogP) is 6.07. The number of benzene rings is 3. The molecule has 1 atom stereocenters. The van der Waals surface area contributed by atoms with E-state index in [0.29, 0.717) is 23.1 Å².